The van der Waals surface area contributed by atoms with Crippen LogP contribution in [-0.4, -0.2) is 23.3 Å². The lowest BCUT2D eigenvalue weighted by Gasteiger charge is -2.12. The Morgan fingerprint density at radius 1 is 0.972 bits per heavy atom. The molecule has 0 unspecified atom stereocenters. The van der Waals surface area contributed by atoms with Crippen molar-refractivity contribution in [3.05, 3.63) is 101 Å². The third-order valence-electron chi connectivity index (χ3n) is 5.68. The molecule has 0 heterocycles. The molecule has 7 heteroatoms. The maximum atomic E-state index is 12.8. The lowest BCUT2D eigenvalue weighted by atomic mass is 9.94. The minimum atomic E-state index is -4.35. The number of nitrogens with one attached hydrogen (secondary N) is 1. The first-order chi connectivity index (χ1) is 17.2. The van der Waals surface area contributed by atoms with E-state index in [9.17, 15) is 13.2 Å². The molecule has 0 aliphatic carbocycles. The molecule has 188 valence electrons. The number of thiocarbonyl (C=S) groups is 1. The SMILES string of the molecule is CC/C(=N\Nc1ccc(C=NCC(=S)Cc2ccccc2C(C)C)cc1)c1ccc(C(F)(F)F)cc1. The Bertz CT molecular complexity index is 1210. The van der Waals surface area contributed by atoms with Gasteiger partial charge in [0.15, 0.2) is 0 Å². The van der Waals surface area contributed by atoms with Gasteiger partial charge in [-0.1, -0.05) is 81.5 Å². The maximum absolute atomic E-state index is 12.8. The highest BCUT2D eigenvalue weighted by molar-refractivity contribution is 7.80. The third kappa shape index (κ3) is 7.85. The van der Waals surface area contributed by atoms with E-state index >= 15 is 0 Å². The van der Waals surface area contributed by atoms with E-state index < -0.39 is 11.7 Å². The molecule has 0 bridgehead atoms. The number of alkyl halides is 3. The molecule has 0 amide bonds. The van der Waals surface area contributed by atoms with Gasteiger partial charge in [-0.3, -0.25) is 10.4 Å². The van der Waals surface area contributed by atoms with Crippen molar-refractivity contribution in [1.29, 1.82) is 0 Å². The molecule has 0 atom stereocenters. The monoisotopic (exact) mass is 509 g/mol. The first-order valence-electron chi connectivity index (χ1n) is 11.9. The summed E-state index contributed by atoms with van der Waals surface area (Å²) in [5.41, 5.74) is 7.91. The van der Waals surface area contributed by atoms with E-state index in [0.717, 1.165) is 34.7 Å². The summed E-state index contributed by atoms with van der Waals surface area (Å²) in [5.74, 6) is 0.451. The maximum Gasteiger partial charge on any atom is 0.416 e. The lowest BCUT2D eigenvalue weighted by molar-refractivity contribution is -0.137. The summed E-state index contributed by atoms with van der Waals surface area (Å²) in [6.07, 6.45) is -1.24. The zero-order valence-corrected chi connectivity index (χ0v) is 21.5. The fourth-order valence-electron chi connectivity index (χ4n) is 3.75. The van der Waals surface area contributed by atoms with Crippen molar-refractivity contribution >= 4 is 34.7 Å². The van der Waals surface area contributed by atoms with Gasteiger partial charge in [0.05, 0.1) is 23.5 Å². The van der Waals surface area contributed by atoms with E-state index in [2.05, 4.69) is 47.6 Å². The number of hydrogen-bond acceptors (Lipinski definition) is 4. The summed E-state index contributed by atoms with van der Waals surface area (Å²) in [6.45, 7) is 6.76. The molecule has 0 aliphatic heterocycles. The molecule has 0 fully saturated rings. The Morgan fingerprint density at radius 2 is 1.64 bits per heavy atom. The Kier molecular flexibility index (Phi) is 9.53. The van der Waals surface area contributed by atoms with Gasteiger partial charge >= 0.3 is 6.18 Å². The van der Waals surface area contributed by atoms with Crippen LogP contribution in [0.15, 0.2) is 82.9 Å². The van der Waals surface area contributed by atoms with E-state index in [1.54, 1.807) is 6.21 Å². The highest BCUT2D eigenvalue weighted by Crippen LogP contribution is 2.29. The van der Waals surface area contributed by atoms with Crippen LogP contribution in [0.3, 0.4) is 0 Å². The van der Waals surface area contributed by atoms with Gasteiger partial charge in [0, 0.05) is 17.5 Å². The van der Waals surface area contributed by atoms with Gasteiger partial charge in [-0.25, -0.2) is 0 Å². The summed E-state index contributed by atoms with van der Waals surface area (Å²) in [4.78, 5) is 5.39. The van der Waals surface area contributed by atoms with Crippen LogP contribution in [0.2, 0.25) is 0 Å². The Morgan fingerprint density at radius 3 is 2.25 bits per heavy atom. The van der Waals surface area contributed by atoms with E-state index in [0.29, 0.717) is 30.2 Å². The second-order valence-electron chi connectivity index (χ2n) is 8.76. The molecule has 0 aliphatic rings. The predicted molar refractivity (Wildman–Crippen MR) is 148 cm³/mol. The molecule has 36 heavy (non-hydrogen) atoms. The Hall–Kier alpha value is -3.32. The zero-order chi connectivity index (χ0) is 26.1. The normalized spacial score (nSPS) is 12.4. The minimum absolute atomic E-state index is 0.451. The van der Waals surface area contributed by atoms with Crippen molar-refractivity contribution in [3.63, 3.8) is 0 Å². The van der Waals surface area contributed by atoms with Gasteiger partial charge in [0.1, 0.15) is 0 Å². The average molecular weight is 510 g/mol. The molecule has 0 aromatic heterocycles. The number of anilines is 1. The molecule has 1 N–H and O–H groups in total. The van der Waals surface area contributed by atoms with Crippen LogP contribution in [0.4, 0.5) is 18.9 Å². The number of nitrogens with zero attached hydrogens (tertiary/aromatic N) is 2. The molecular formula is C29H30F3N3S. The van der Waals surface area contributed by atoms with Gasteiger partial charge in [0.25, 0.3) is 0 Å². The number of benzene rings is 3. The van der Waals surface area contributed by atoms with Gasteiger partial charge in [0.2, 0.25) is 0 Å². The van der Waals surface area contributed by atoms with Crippen LogP contribution in [0.5, 0.6) is 0 Å². The number of halogens is 3. The minimum Gasteiger partial charge on any atom is -0.287 e. The highest BCUT2D eigenvalue weighted by Gasteiger charge is 2.30. The van der Waals surface area contributed by atoms with Crippen LogP contribution in [0.25, 0.3) is 0 Å². The van der Waals surface area contributed by atoms with Gasteiger partial charge in [-0.2, -0.15) is 18.3 Å². The first-order valence-corrected chi connectivity index (χ1v) is 12.3. The number of aliphatic imine (C=N–C) groups is 1. The average Bonchev–Trinajstić information content (AvgIpc) is 2.85. The lowest BCUT2D eigenvalue weighted by Crippen LogP contribution is -2.07. The molecule has 0 spiro atoms. The molecule has 0 saturated carbocycles. The molecule has 3 nitrogen and oxygen atoms in total. The van der Waals surface area contributed by atoms with Crippen molar-refractivity contribution in [1.82, 2.24) is 0 Å². The largest absolute Gasteiger partial charge is 0.416 e. The van der Waals surface area contributed by atoms with E-state index in [1.165, 1.54) is 23.3 Å². The quantitative estimate of drug-likeness (QED) is 0.170. The summed E-state index contributed by atoms with van der Waals surface area (Å²) in [6, 6.07) is 21.0. The predicted octanol–water partition coefficient (Wildman–Crippen LogP) is 8.09. The topological polar surface area (TPSA) is 36.8 Å². The molecular weight excluding hydrogens is 479 g/mol. The van der Waals surface area contributed by atoms with Crippen molar-refractivity contribution in [2.45, 2.75) is 45.7 Å². The number of rotatable bonds is 10. The zero-order valence-electron chi connectivity index (χ0n) is 20.6. The molecule has 3 aromatic rings. The van der Waals surface area contributed by atoms with Crippen molar-refractivity contribution in [2.24, 2.45) is 10.1 Å². The van der Waals surface area contributed by atoms with Crippen LogP contribution in [-0.2, 0) is 12.6 Å². The van der Waals surface area contributed by atoms with E-state index in [-0.39, 0.29) is 0 Å². The van der Waals surface area contributed by atoms with Crippen LogP contribution in [0, 0.1) is 0 Å². The van der Waals surface area contributed by atoms with Crippen LogP contribution < -0.4 is 5.43 Å². The summed E-state index contributed by atoms with van der Waals surface area (Å²) < 4.78 is 38.4. The summed E-state index contributed by atoms with van der Waals surface area (Å²) >= 11 is 5.56. The summed E-state index contributed by atoms with van der Waals surface area (Å²) in [5, 5.41) is 4.38. The molecule has 0 radical (unpaired) electrons. The van der Waals surface area contributed by atoms with E-state index in [4.69, 9.17) is 12.2 Å². The smallest absolute Gasteiger partial charge is 0.287 e. The van der Waals surface area contributed by atoms with Gasteiger partial charge < -0.3 is 0 Å². The Labute approximate surface area is 216 Å². The third-order valence-corrected chi connectivity index (χ3v) is 5.96. The molecule has 3 rings (SSSR count). The number of hydrogen-bond donors (Lipinski definition) is 1. The number of hydrazone groups is 1. The van der Waals surface area contributed by atoms with Gasteiger partial charge in [-0.15, -0.1) is 0 Å². The standard InChI is InChI=1S/C29H30F3N3S/c1-4-28(22-11-13-24(14-12-22)29(30,31)32)35-34-25-15-9-21(10-16-25)18-33-19-26(36)17-23-7-5-6-8-27(23)20(2)3/h5-16,18,20,34H,4,17,19H2,1-3H3/b33-18?,35-28+. The first kappa shape index (κ1) is 27.3. The summed E-state index contributed by atoms with van der Waals surface area (Å²) in [7, 11) is 0. The fraction of sp³-hybridized carbons (Fsp3) is 0.276. The second kappa shape index (κ2) is 12.6. The van der Waals surface area contributed by atoms with E-state index in [1.807, 2.05) is 37.3 Å². The van der Waals surface area contributed by atoms with Crippen molar-refractivity contribution in [2.75, 3.05) is 12.0 Å². The second-order valence-corrected chi connectivity index (χ2v) is 9.34. The highest BCUT2D eigenvalue weighted by atomic mass is 32.1. The van der Waals surface area contributed by atoms with Gasteiger partial charge in [-0.05, 0) is 58.9 Å². The Balaban J connectivity index is 1.56. The van der Waals surface area contributed by atoms with Crippen LogP contribution in [0.1, 0.15) is 60.9 Å². The fourth-order valence-corrected chi connectivity index (χ4v) is 3.98. The van der Waals surface area contributed by atoms with Crippen molar-refractivity contribution < 1.29 is 13.2 Å². The molecule has 3 aromatic carbocycles. The van der Waals surface area contributed by atoms with Crippen molar-refractivity contribution in [3.8, 4) is 0 Å². The van der Waals surface area contributed by atoms with Crippen LogP contribution >= 0.6 is 12.2 Å². The molecule has 0 saturated heterocycles.